The molecule has 3 N–H and O–H groups in total. The molecule has 0 aliphatic heterocycles. The molecule has 3 aromatic rings. The molecule has 10 heteroatoms. The molecular formula is C22H19F3N2O5. The number of carbonyl (C=O) groups excluding carboxylic acids is 2. The van der Waals surface area contributed by atoms with Gasteiger partial charge in [0.2, 0.25) is 5.91 Å². The lowest BCUT2D eigenvalue weighted by molar-refractivity contribution is -0.136. The van der Waals surface area contributed by atoms with Crippen LogP contribution in [0.15, 0.2) is 30.3 Å². The van der Waals surface area contributed by atoms with Crippen molar-refractivity contribution in [1.82, 2.24) is 9.88 Å². The van der Waals surface area contributed by atoms with Gasteiger partial charge in [0.05, 0.1) is 17.9 Å². The number of carbonyl (C=O) groups is 3. The second-order valence-corrected chi connectivity index (χ2v) is 7.22. The van der Waals surface area contributed by atoms with E-state index in [9.17, 15) is 32.7 Å². The summed E-state index contributed by atoms with van der Waals surface area (Å²) in [5, 5.41) is 20.8. The van der Waals surface area contributed by atoms with Crippen LogP contribution in [-0.4, -0.2) is 39.1 Å². The first-order chi connectivity index (χ1) is 15.0. The summed E-state index contributed by atoms with van der Waals surface area (Å²) in [5.41, 5.74) is 0.0625. The number of nitrogens with zero attached hydrogens (tertiary/aromatic N) is 1. The van der Waals surface area contributed by atoms with E-state index in [2.05, 4.69) is 5.32 Å². The maximum Gasteiger partial charge on any atom is 0.305 e. The Morgan fingerprint density at radius 1 is 1.09 bits per heavy atom. The topological polar surface area (TPSA) is 109 Å². The Hall–Kier alpha value is -3.82. The van der Waals surface area contributed by atoms with Crippen molar-refractivity contribution >= 4 is 28.7 Å². The highest BCUT2D eigenvalue weighted by atomic mass is 19.2. The summed E-state index contributed by atoms with van der Waals surface area (Å²) in [7, 11) is 0. The number of benzene rings is 2. The number of amides is 1. The van der Waals surface area contributed by atoms with Gasteiger partial charge >= 0.3 is 5.97 Å². The van der Waals surface area contributed by atoms with Crippen molar-refractivity contribution in [3.8, 4) is 5.75 Å². The molecule has 0 radical (unpaired) electrons. The van der Waals surface area contributed by atoms with Gasteiger partial charge in [0.25, 0.3) is 5.91 Å². The highest BCUT2D eigenvalue weighted by Gasteiger charge is 2.29. The van der Waals surface area contributed by atoms with Gasteiger partial charge in [0.1, 0.15) is 0 Å². The zero-order chi connectivity index (χ0) is 23.7. The van der Waals surface area contributed by atoms with Crippen LogP contribution in [0.1, 0.15) is 40.9 Å². The number of nitrogens with one attached hydrogen (secondary N) is 1. The lowest BCUT2D eigenvalue weighted by atomic mass is 9.96. The molecule has 32 heavy (non-hydrogen) atoms. The zero-order valence-electron chi connectivity index (χ0n) is 17.1. The summed E-state index contributed by atoms with van der Waals surface area (Å²) in [6.45, 7) is 2.73. The van der Waals surface area contributed by atoms with E-state index in [4.69, 9.17) is 5.11 Å². The van der Waals surface area contributed by atoms with E-state index >= 15 is 0 Å². The molecule has 0 bridgehead atoms. The van der Waals surface area contributed by atoms with Crippen molar-refractivity contribution in [2.24, 2.45) is 0 Å². The molecule has 7 nitrogen and oxygen atoms in total. The third-order valence-electron chi connectivity index (χ3n) is 5.17. The van der Waals surface area contributed by atoms with Crippen molar-refractivity contribution in [3.05, 3.63) is 64.6 Å². The average molecular weight is 448 g/mol. The van der Waals surface area contributed by atoms with Gasteiger partial charge in [-0.3, -0.25) is 19.0 Å². The minimum Gasteiger partial charge on any atom is -0.505 e. The Balaban J connectivity index is 2.15. The van der Waals surface area contributed by atoms with Crippen molar-refractivity contribution in [1.29, 1.82) is 0 Å². The number of rotatable bonds is 6. The lowest BCUT2D eigenvalue weighted by Gasteiger charge is -2.13. The van der Waals surface area contributed by atoms with Gasteiger partial charge in [0, 0.05) is 23.2 Å². The molecule has 3 rings (SSSR count). The Bertz CT molecular complexity index is 1250. The fraction of sp³-hybridized carbons (Fsp3) is 0.227. The number of carboxylic acid groups (broad SMARTS) is 1. The highest BCUT2D eigenvalue weighted by Crippen LogP contribution is 2.37. The molecule has 0 fully saturated rings. The fourth-order valence-corrected chi connectivity index (χ4v) is 3.61. The lowest BCUT2D eigenvalue weighted by Crippen LogP contribution is -2.30. The molecule has 0 spiro atoms. The fourth-order valence-electron chi connectivity index (χ4n) is 3.61. The summed E-state index contributed by atoms with van der Waals surface area (Å²) in [6.07, 6.45) is -0.317. The molecule has 168 valence electrons. The van der Waals surface area contributed by atoms with Crippen molar-refractivity contribution in [2.75, 3.05) is 6.54 Å². The molecule has 1 amide bonds. The number of aromatic hydroxyl groups is 1. The maximum atomic E-state index is 14.9. The number of phenolic OH excluding ortho intramolecular Hbond substituents is 1. The number of carboxylic acids is 1. The predicted octanol–water partition coefficient (Wildman–Crippen LogP) is 3.46. The van der Waals surface area contributed by atoms with E-state index in [0.717, 1.165) is 22.8 Å². The second-order valence-electron chi connectivity index (χ2n) is 7.22. The minimum absolute atomic E-state index is 0.0210. The summed E-state index contributed by atoms with van der Waals surface area (Å²) >= 11 is 0. The van der Waals surface area contributed by atoms with Crippen LogP contribution in [0, 0.1) is 24.4 Å². The summed E-state index contributed by atoms with van der Waals surface area (Å²) in [6, 6.07) is 4.88. The van der Waals surface area contributed by atoms with E-state index < -0.39 is 46.9 Å². The monoisotopic (exact) mass is 448 g/mol. The van der Waals surface area contributed by atoms with Crippen LogP contribution in [0.5, 0.6) is 5.75 Å². The third kappa shape index (κ3) is 4.03. The van der Waals surface area contributed by atoms with Gasteiger partial charge in [-0.2, -0.15) is 0 Å². The smallest absolute Gasteiger partial charge is 0.305 e. The van der Waals surface area contributed by atoms with Crippen molar-refractivity contribution in [3.63, 3.8) is 0 Å². The molecular weight excluding hydrogens is 429 g/mol. The first kappa shape index (κ1) is 22.9. The number of hydrogen-bond donors (Lipinski definition) is 3. The Morgan fingerprint density at radius 2 is 1.78 bits per heavy atom. The standard InChI is InChI=1S/C22H19F3N2O5/c1-10(21(31)26-8-7-17(29)30)18-11(2)27(15-5-6-16(28)20(25)19(15)18)22(32)12-3-4-13(23)14(24)9-12/h3-6,9-10,28H,7-8H2,1-2H3,(H,26,31)(H,29,30)/t10-/m0/s1. The Labute approximate surface area is 180 Å². The SMILES string of the molecule is Cc1c([C@H](C)C(=O)NCCC(=O)O)c2c(F)c(O)ccc2n1C(=O)c1ccc(F)c(F)c1. The predicted molar refractivity (Wildman–Crippen MR) is 108 cm³/mol. The van der Waals surface area contributed by atoms with Gasteiger partial charge in [-0.1, -0.05) is 0 Å². The quantitative estimate of drug-likeness (QED) is 0.535. The van der Waals surface area contributed by atoms with Crippen molar-refractivity contribution in [2.45, 2.75) is 26.2 Å². The summed E-state index contributed by atoms with van der Waals surface area (Å²) in [4.78, 5) is 36.4. The number of fused-ring (bicyclic) bond motifs is 1. The Kier molecular flexibility index (Phi) is 6.24. The number of hydrogen-bond acceptors (Lipinski definition) is 4. The van der Waals surface area contributed by atoms with Crippen LogP contribution < -0.4 is 5.32 Å². The van der Waals surface area contributed by atoms with Gasteiger partial charge in [0.15, 0.2) is 23.2 Å². The van der Waals surface area contributed by atoms with Crippen LogP contribution in [0.2, 0.25) is 0 Å². The van der Waals surface area contributed by atoms with E-state index in [0.29, 0.717) is 6.07 Å². The molecule has 0 aliphatic carbocycles. The number of phenols is 1. The van der Waals surface area contributed by atoms with E-state index in [1.54, 1.807) is 0 Å². The van der Waals surface area contributed by atoms with Crippen LogP contribution in [0.25, 0.3) is 10.9 Å². The van der Waals surface area contributed by atoms with E-state index in [-0.39, 0.29) is 40.7 Å². The molecule has 1 heterocycles. The van der Waals surface area contributed by atoms with Crippen LogP contribution >= 0.6 is 0 Å². The van der Waals surface area contributed by atoms with Gasteiger partial charge in [-0.25, -0.2) is 13.2 Å². The minimum atomic E-state index is -1.24. The van der Waals surface area contributed by atoms with Gasteiger partial charge in [-0.15, -0.1) is 0 Å². The summed E-state index contributed by atoms with van der Waals surface area (Å²) < 4.78 is 42.9. The van der Waals surface area contributed by atoms with Crippen molar-refractivity contribution < 1.29 is 37.8 Å². The van der Waals surface area contributed by atoms with Gasteiger partial charge < -0.3 is 15.5 Å². The maximum absolute atomic E-state index is 14.9. The van der Waals surface area contributed by atoms with Crippen LogP contribution in [0.4, 0.5) is 13.2 Å². The van der Waals surface area contributed by atoms with E-state index in [1.165, 1.54) is 19.9 Å². The molecule has 1 atom stereocenters. The summed E-state index contributed by atoms with van der Waals surface area (Å²) in [5.74, 6) is -7.67. The van der Waals surface area contributed by atoms with E-state index in [1.807, 2.05) is 0 Å². The Morgan fingerprint density at radius 3 is 2.41 bits per heavy atom. The molecule has 0 saturated carbocycles. The number of halogens is 3. The number of aliphatic carboxylic acids is 1. The first-order valence-corrected chi connectivity index (χ1v) is 9.56. The third-order valence-corrected chi connectivity index (χ3v) is 5.17. The molecule has 0 unspecified atom stereocenters. The molecule has 2 aromatic carbocycles. The largest absolute Gasteiger partial charge is 0.505 e. The average Bonchev–Trinajstić information content (AvgIpc) is 3.03. The highest BCUT2D eigenvalue weighted by molar-refractivity contribution is 6.05. The normalized spacial score (nSPS) is 12.0. The zero-order valence-corrected chi connectivity index (χ0v) is 17.1. The molecule has 1 aromatic heterocycles. The van der Waals surface area contributed by atoms with Crippen LogP contribution in [-0.2, 0) is 9.59 Å². The van der Waals surface area contributed by atoms with Gasteiger partial charge in [-0.05, 0) is 49.7 Å². The number of aromatic nitrogens is 1. The first-order valence-electron chi connectivity index (χ1n) is 9.56. The second kappa shape index (κ2) is 8.74. The van der Waals surface area contributed by atoms with Crippen LogP contribution in [0.3, 0.4) is 0 Å². The molecule has 0 aliphatic rings. The molecule has 0 saturated heterocycles.